The van der Waals surface area contributed by atoms with Gasteiger partial charge in [-0.05, 0) is 54.9 Å². The third-order valence-corrected chi connectivity index (χ3v) is 6.58. The summed E-state index contributed by atoms with van der Waals surface area (Å²) >= 11 is 1.69. The summed E-state index contributed by atoms with van der Waals surface area (Å²) in [6.45, 7) is 2.76. The van der Waals surface area contributed by atoms with Crippen LogP contribution >= 0.6 is 11.3 Å². The van der Waals surface area contributed by atoms with Gasteiger partial charge >= 0.3 is 0 Å². The monoisotopic (exact) mass is 378 g/mol. The zero-order valence-corrected chi connectivity index (χ0v) is 15.8. The Kier molecular flexibility index (Phi) is 5.27. The lowest BCUT2D eigenvalue weighted by atomic mass is 9.88. The highest BCUT2D eigenvalue weighted by Crippen LogP contribution is 2.32. The maximum atomic E-state index is 12.4. The van der Waals surface area contributed by atoms with E-state index in [0.29, 0.717) is 18.9 Å². The second-order valence-electron chi connectivity index (χ2n) is 6.59. The molecule has 134 valence electrons. The van der Waals surface area contributed by atoms with Crippen molar-refractivity contribution in [2.24, 2.45) is 11.1 Å². The number of carbonyl (C=O) groups excluding carboxylic acids is 1. The molecule has 0 aliphatic heterocycles. The average Bonchev–Trinajstić information content (AvgIpc) is 2.97. The Balaban J connectivity index is 1.57. The molecular formula is C18H22N2O3S2. The van der Waals surface area contributed by atoms with E-state index in [9.17, 15) is 13.2 Å². The fraction of sp³-hybridized carbons (Fsp3) is 0.389. The van der Waals surface area contributed by atoms with Gasteiger partial charge in [-0.1, -0.05) is 19.1 Å². The van der Waals surface area contributed by atoms with E-state index in [1.54, 1.807) is 23.5 Å². The fourth-order valence-electron chi connectivity index (χ4n) is 3.13. The van der Waals surface area contributed by atoms with E-state index >= 15 is 0 Å². The van der Waals surface area contributed by atoms with Crippen molar-refractivity contribution in [1.29, 1.82) is 0 Å². The van der Waals surface area contributed by atoms with Crippen molar-refractivity contribution >= 4 is 27.3 Å². The summed E-state index contributed by atoms with van der Waals surface area (Å²) in [6.07, 6.45) is 3.84. The first-order chi connectivity index (χ1) is 11.8. The van der Waals surface area contributed by atoms with E-state index in [-0.39, 0.29) is 10.8 Å². The number of hydrogen-bond donors (Lipinski definition) is 2. The van der Waals surface area contributed by atoms with Crippen molar-refractivity contribution in [3.05, 3.63) is 51.2 Å². The maximum absolute atomic E-state index is 12.4. The largest absolute Gasteiger partial charge is 0.352 e. The predicted molar refractivity (Wildman–Crippen MR) is 99.4 cm³/mol. The molecule has 0 fully saturated rings. The molecule has 1 atom stereocenters. The van der Waals surface area contributed by atoms with Gasteiger partial charge in [0.2, 0.25) is 10.0 Å². The summed E-state index contributed by atoms with van der Waals surface area (Å²) < 4.78 is 22.5. The van der Waals surface area contributed by atoms with Gasteiger partial charge in [0.1, 0.15) is 0 Å². The first-order valence-corrected chi connectivity index (χ1v) is 10.8. The molecule has 1 heterocycles. The maximum Gasteiger partial charge on any atom is 0.252 e. The van der Waals surface area contributed by atoms with Gasteiger partial charge < -0.3 is 5.32 Å². The first-order valence-electron chi connectivity index (χ1n) is 8.34. The molecule has 1 amide bonds. The van der Waals surface area contributed by atoms with Crippen LogP contribution in [0.1, 0.15) is 39.7 Å². The van der Waals surface area contributed by atoms with E-state index in [1.807, 2.05) is 5.38 Å². The SMILES string of the molecule is CC1CCc2c(C(=O)NCCc3ccc(S(N)(=O)=O)cc3)csc2C1. The second-order valence-corrected chi connectivity index (χ2v) is 9.12. The Hall–Kier alpha value is -1.70. The van der Waals surface area contributed by atoms with Gasteiger partial charge in [-0.25, -0.2) is 13.6 Å². The van der Waals surface area contributed by atoms with Crippen molar-refractivity contribution in [1.82, 2.24) is 5.32 Å². The van der Waals surface area contributed by atoms with Crippen LogP contribution in [0.5, 0.6) is 0 Å². The minimum atomic E-state index is -3.66. The molecule has 0 radical (unpaired) electrons. The molecule has 0 bridgehead atoms. The van der Waals surface area contributed by atoms with Gasteiger partial charge in [0, 0.05) is 16.8 Å². The van der Waals surface area contributed by atoms with Crippen molar-refractivity contribution in [3.8, 4) is 0 Å². The van der Waals surface area contributed by atoms with Gasteiger partial charge in [0.15, 0.2) is 0 Å². The predicted octanol–water partition coefficient (Wildman–Crippen LogP) is 2.49. The molecule has 0 saturated carbocycles. The summed E-state index contributed by atoms with van der Waals surface area (Å²) in [5.74, 6) is 0.676. The molecule has 1 aliphatic carbocycles. The number of thiophene rings is 1. The van der Waals surface area contributed by atoms with Crippen LogP contribution in [0.25, 0.3) is 0 Å². The van der Waals surface area contributed by atoms with Crippen LogP contribution in [0.4, 0.5) is 0 Å². The number of carbonyl (C=O) groups is 1. The lowest BCUT2D eigenvalue weighted by Gasteiger charge is -2.18. The minimum Gasteiger partial charge on any atom is -0.352 e. The van der Waals surface area contributed by atoms with Gasteiger partial charge in [0.25, 0.3) is 5.91 Å². The summed E-state index contributed by atoms with van der Waals surface area (Å²) in [5, 5.41) is 10.0. The molecule has 25 heavy (non-hydrogen) atoms. The number of nitrogens with two attached hydrogens (primary N) is 1. The standard InChI is InChI=1S/C18H22N2O3S2/c1-12-2-7-15-16(11-24-17(15)10-12)18(21)20-9-8-13-3-5-14(6-4-13)25(19,22)23/h3-6,11-12H,2,7-10H2,1H3,(H,20,21)(H2,19,22,23). The highest BCUT2D eigenvalue weighted by atomic mass is 32.2. The number of fused-ring (bicyclic) bond motifs is 1. The molecule has 0 spiro atoms. The molecule has 1 aliphatic rings. The number of nitrogens with one attached hydrogen (secondary N) is 1. The van der Waals surface area contributed by atoms with Crippen LogP contribution in [-0.4, -0.2) is 20.9 Å². The van der Waals surface area contributed by atoms with Crippen molar-refractivity contribution in [3.63, 3.8) is 0 Å². The van der Waals surface area contributed by atoms with Crippen molar-refractivity contribution in [2.75, 3.05) is 6.54 Å². The molecule has 1 aromatic heterocycles. The summed E-state index contributed by atoms with van der Waals surface area (Å²) in [5.41, 5.74) is 2.99. The first kappa shape index (κ1) is 18.1. The van der Waals surface area contributed by atoms with E-state index < -0.39 is 10.0 Å². The molecular weight excluding hydrogens is 356 g/mol. The smallest absolute Gasteiger partial charge is 0.252 e. The molecule has 5 nitrogen and oxygen atoms in total. The molecule has 1 aromatic carbocycles. The molecule has 7 heteroatoms. The van der Waals surface area contributed by atoms with Crippen LogP contribution in [0.2, 0.25) is 0 Å². The van der Waals surface area contributed by atoms with Crippen LogP contribution in [0.3, 0.4) is 0 Å². The number of primary sulfonamides is 1. The molecule has 3 rings (SSSR count). The van der Waals surface area contributed by atoms with Crippen LogP contribution in [0.15, 0.2) is 34.5 Å². The normalized spacial score (nSPS) is 17.1. The summed E-state index contributed by atoms with van der Waals surface area (Å²) in [7, 11) is -3.66. The number of sulfonamides is 1. The number of amides is 1. The van der Waals surface area contributed by atoms with Gasteiger partial charge in [-0.15, -0.1) is 11.3 Å². The Bertz CT molecular complexity index is 870. The van der Waals surface area contributed by atoms with Crippen molar-refractivity contribution in [2.45, 2.75) is 37.5 Å². The summed E-state index contributed by atoms with van der Waals surface area (Å²) in [4.78, 5) is 13.9. The zero-order chi connectivity index (χ0) is 18.0. The Morgan fingerprint density at radius 3 is 2.72 bits per heavy atom. The molecule has 3 N–H and O–H groups in total. The Morgan fingerprint density at radius 1 is 1.32 bits per heavy atom. The van der Waals surface area contributed by atoms with E-state index in [1.165, 1.54) is 22.6 Å². The van der Waals surface area contributed by atoms with Gasteiger partial charge in [-0.3, -0.25) is 4.79 Å². The fourth-order valence-corrected chi connectivity index (χ4v) is 4.89. The number of rotatable bonds is 5. The lowest BCUT2D eigenvalue weighted by Crippen LogP contribution is -2.26. The van der Waals surface area contributed by atoms with E-state index in [4.69, 9.17) is 5.14 Å². The van der Waals surface area contributed by atoms with Crippen molar-refractivity contribution < 1.29 is 13.2 Å². The van der Waals surface area contributed by atoms with E-state index in [2.05, 4.69) is 12.2 Å². The third-order valence-electron chi connectivity index (χ3n) is 4.60. The Labute approximate surface area is 152 Å². The second kappa shape index (κ2) is 7.27. The summed E-state index contributed by atoms with van der Waals surface area (Å²) in [6, 6.07) is 6.42. The zero-order valence-electron chi connectivity index (χ0n) is 14.1. The molecule has 2 aromatic rings. The third kappa shape index (κ3) is 4.29. The number of benzene rings is 1. The highest BCUT2D eigenvalue weighted by molar-refractivity contribution is 7.89. The van der Waals surface area contributed by atoms with Crippen LogP contribution in [-0.2, 0) is 29.3 Å². The van der Waals surface area contributed by atoms with Gasteiger partial charge in [0.05, 0.1) is 10.5 Å². The van der Waals surface area contributed by atoms with Crippen LogP contribution in [0, 0.1) is 5.92 Å². The quantitative estimate of drug-likeness (QED) is 0.838. The molecule has 0 saturated heterocycles. The minimum absolute atomic E-state index is 0.0202. The van der Waals surface area contributed by atoms with E-state index in [0.717, 1.165) is 30.4 Å². The van der Waals surface area contributed by atoms with Crippen LogP contribution < -0.4 is 10.5 Å². The topological polar surface area (TPSA) is 89.3 Å². The Morgan fingerprint density at radius 2 is 2.04 bits per heavy atom. The average molecular weight is 379 g/mol. The highest BCUT2D eigenvalue weighted by Gasteiger charge is 2.22. The lowest BCUT2D eigenvalue weighted by molar-refractivity contribution is 0.0953. The number of hydrogen-bond acceptors (Lipinski definition) is 4. The molecule has 1 unspecified atom stereocenters. The van der Waals surface area contributed by atoms with Gasteiger partial charge in [-0.2, -0.15) is 0 Å².